The number of amides is 1. The Morgan fingerprint density at radius 2 is 2.11 bits per heavy atom. The van der Waals surface area contributed by atoms with Crippen LogP contribution in [0.25, 0.3) is 22.9 Å². The summed E-state index contributed by atoms with van der Waals surface area (Å²) in [6, 6.07) is 6.08. The highest BCUT2D eigenvalue weighted by atomic mass is 32.2. The minimum Gasteiger partial charge on any atom is -0.491 e. The van der Waals surface area contributed by atoms with E-state index in [0.29, 0.717) is 13.2 Å². The van der Waals surface area contributed by atoms with Gasteiger partial charge in [0.25, 0.3) is 0 Å². The third-order valence-corrected chi connectivity index (χ3v) is 5.68. The van der Waals surface area contributed by atoms with Crippen LogP contribution < -0.4 is 10.5 Å². The van der Waals surface area contributed by atoms with Gasteiger partial charge in [-0.1, -0.05) is 0 Å². The van der Waals surface area contributed by atoms with Crippen molar-refractivity contribution in [2.75, 3.05) is 6.61 Å². The van der Waals surface area contributed by atoms with Crippen LogP contribution in [0.4, 0.5) is 0 Å². The van der Waals surface area contributed by atoms with E-state index in [0.717, 1.165) is 33.6 Å². The molecule has 1 aromatic carbocycles. The molecule has 1 aliphatic rings. The molecule has 3 aromatic rings. The number of thioether (sulfide) groups is 1. The summed E-state index contributed by atoms with van der Waals surface area (Å²) in [4.78, 5) is 21.5. The Bertz CT molecular complexity index is 1030. The molecular weight excluding hydrogens is 376 g/mol. The molecular formula is C19H22N6O2S. The molecule has 1 aliphatic heterocycles. The summed E-state index contributed by atoms with van der Waals surface area (Å²) < 4.78 is 9.89. The molecule has 0 radical (unpaired) electrons. The molecule has 0 bridgehead atoms. The van der Waals surface area contributed by atoms with Crippen LogP contribution in [0.5, 0.6) is 5.75 Å². The lowest BCUT2D eigenvalue weighted by atomic mass is 10.2. The highest BCUT2D eigenvalue weighted by Crippen LogP contribution is 2.37. The number of carbonyl (C=O) groups is 1. The Morgan fingerprint density at radius 3 is 2.86 bits per heavy atom. The number of aromatic nitrogens is 5. The molecule has 1 unspecified atom stereocenters. The van der Waals surface area contributed by atoms with E-state index in [2.05, 4.69) is 28.5 Å². The van der Waals surface area contributed by atoms with Crippen molar-refractivity contribution in [1.29, 1.82) is 0 Å². The number of hydrogen-bond donors (Lipinski definition) is 1. The molecule has 0 aliphatic carbocycles. The largest absolute Gasteiger partial charge is 0.491 e. The molecule has 2 aromatic heterocycles. The number of nitrogens with zero attached hydrogens (tertiary/aromatic N) is 5. The van der Waals surface area contributed by atoms with Crippen LogP contribution in [-0.4, -0.2) is 42.1 Å². The highest BCUT2D eigenvalue weighted by molar-refractivity contribution is 8.00. The molecule has 9 heteroatoms. The van der Waals surface area contributed by atoms with Crippen LogP contribution >= 0.6 is 11.8 Å². The maximum atomic E-state index is 11.3. The van der Waals surface area contributed by atoms with Gasteiger partial charge in [0.1, 0.15) is 30.2 Å². The second kappa shape index (κ2) is 7.31. The third-order valence-electron chi connectivity index (χ3n) is 4.57. The molecule has 146 valence electrons. The van der Waals surface area contributed by atoms with Crippen LogP contribution in [0.1, 0.15) is 26.8 Å². The predicted molar refractivity (Wildman–Crippen MR) is 107 cm³/mol. The molecule has 0 spiro atoms. The fourth-order valence-electron chi connectivity index (χ4n) is 3.12. The Kier molecular flexibility index (Phi) is 4.84. The number of fused-ring (bicyclic) bond motifs is 3. The van der Waals surface area contributed by atoms with E-state index in [1.54, 1.807) is 13.3 Å². The number of ether oxygens (including phenoxy) is 1. The van der Waals surface area contributed by atoms with Crippen LogP contribution in [0, 0.1) is 0 Å². The Hall–Kier alpha value is -2.81. The molecule has 4 rings (SSSR count). The summed E-state index contributed by atoms with van der Waals surface area (Å²) >= 11 is 1.42. The van der Waals surface area contributed by atoms with E-state index < -0.39 is 0 Å². The first-order valence-electron chi connectivity index (χ1n) is 9.14. The number of hydrogen-bond acceptors (Lipinski definition) is 6. The van der Waals surface area contributed by atoms with Crippen molar-refractivity contribution in [1.82, 2.24) is 24.3 Å². The van der Waals surface area contributed by atoms with Gasteiger partial charge >= 0.3 is 0 Å². The molecule has 2 N–H and O–H groups in total. The summed E-state index contributed by atoms with van der Waals surface area (Å²) in [7, 11) is 0. The van der Waals surface area contributed by atoms with Gasteiger partial charge in [-0.25, -0.2) is 14.6 Å². The van der Waals surface area contributed by atoms with E-state index in [1.165, 1.54) is 11.8 Å². The maximum Gasteiger partial charge on any atom is 0.230 e. The van der Waals surface area contributed by atoms with Gasteiger partial charge in [0.2, 0.25) is 5.91 Å². The summed E-state index contributed by atoms with van der Waals surface area (Å²) in [5.41, 5.74) is 7.07. The summed E-state index contributed by atoms with van der Waals surface area (Å²) in [6.07, 6.45) is 3.55. The molecule has 0 fully saturated rings. The fraction of sp³-hybridized carbons (Fsp3) is 0.368. The minimum absolute atomic E-state index is 0.196. The topological polar surface area (TPSA) is 101 Å². The Balaban J connectivity index is 1.72. The molecule has 8 nitrogen and oxygen atoms in total. The lowest BCUT2D eigenvalue weighted by molar-refractivity contribution is -0.117. The van der Waals surface area contributed by atoms with E-state index in [1.807, 2.05) is 29.1 Å². The molecule has 1 amide bonds. The first-order chi connectivity index (χ1) is 13.4. The Labute approximate surface area is 167 Å². The smallest absolute Gasteiger partial charge is 0.230 e. The highest BCUT2D eigenvalue weighted by Gasteiger charge is 2.22. The zero-order valence-electron chi connectivity index (χ0n) is 16.0. The van der Waals surface area contributed by atoms with Crippen molar-refractivity contribution in [3.05, 3.63) is 30.7 Å². The summed E-state index contributed by atoms with van der Waals surface area (Å²) in [6.45, 7) is 7.14. The molecule has 0 saturated carbocycles. The lowest BCUT2D eigenvalue weighted by Gasteiger charge is -2.11. The van der Waals surface area contributed by atoms with Crippen molar-refractivity contribution >= 4 is 17.7 Å². The number of rotatable bonds is 5. The number of imidazole rings is 1. The van der Waals surface area contributed by atoms with Crippen molar-refractivity contribution in [3.8, 4) is 28.7 Å². The summed E-state index contributed by atoms with van der Waals surface area (Å²) in [5, 5.41) is 4.00. The van der Waals surface area contributed by atoms with Gasteiger partial charge in [-0.3, -0.25) is 4.79 Å². The van der Waals surface area contributed by atoms with E-state index in [-0.39, 0.29) is 17.2 Å². The van der Waals surface area contributed by atoms with Crippen molar-refractivity contribution in [3.63, 3.8) is 0 Å². The molecule has 1 atom stereocenters. The first kappa shape index (κ1) is 18.5. The summed E-state index contributed by atoms with van der Waals surface area (Å²) in [5.74, 6) is 2.00. The van der Waals surface area contributed by atoms with Crippen LogP contribution in [-0.2, 0) is 11.3 Å². The number of primary amides is 1. The SMILES string of the molecule is CC(Sc1ccc2c(c1)OCCn1cc(-c3ncnn3C(C)C)nc1-2)C(N)=O. The second-order valence-corrected chi connectivity index (χ2v) is 8.35. The van der Waals surface area contributed by atoms with Gasteiger partial charge in [0.05, 0.1) is 17.4 Å². The van der Waals surface area contributed by atoms with E-state index in [9.17, 15) is 4.79 Å². The van der Waals surface area contributed by atoms with Crippen LogP contribution in [0.15, 0.2) is 35.6 Å². The minimum atomic E-state index is -0.338. The van der Waals surface area contributed by atoms with Crippen molar-refractivity contribution in [2.24, 2.45) is 5.73 Å². The van der Waals surface area contributed by atoms with Gasteiger partial charge in [0, 0.05) is 17.1 Å². The fourth-order valence-corrected chi connectivity index (χ4v) is 3.96. The van der Waals surface area contributed by atoms with Crippen LogP contribution in [0.3, 0.4) is 0 Å². The molecule has 28 heavy (non-hydrogen) atoms. The van der Waals surface area contributed by atoms with Gasteiger partial charge in [-0.15, -0.1) is 11.8 Å². The van der Waals surface area contributed by atoms with Crippen LogP contribution in [0.2, 0.25) is 0 Å². The number of benzene rings is 1. The normalized spacial score (nSPS) is 14.1. The van der Waals surface area contributed by atoms with E-state index >= 15 is 0 Å². The van der Waals surface area contributed by atoms with Gasteiger partial charge in [-0.2, -0.15) is 5.10 Å². The van der Waals surface area contributed by atoms with E-state index in [4.69, 9.17) is 15.5 Å². The van der Waals surface area contributed by atoms with Gasteiger partial charge in [0.15, 0.2) is 5.82 Å². The number of nitrogens with two attached hydrogens (primary N) is 1. The third kappa shape index (κ3) is 3.37. The van der Waals surface area contributed by atoms with Crippen molar-refractivity contribution in [2.45, 2.75) is 43.5 Å². The lowest BCUT2D eigenvalue weighted by Crippen LogP contribution is -2.22. The molecule has 3 heterocycles. The zero-order valence-corrected chi connectivity index (χ0v) is 16.8. The van der Waals surface area contributed by atoms with Gasteiger partial charge < -0.3 is 15.0 Å². The average Bonchev–Trinajstić information content (AvgIpc) is 3.26. The quantitative estimate of drug-likeness (QED) is 0.663. The first-order valence-corrected chi connectivity index (χ1v) is 10.0. The predicted octanol–water partition coefficient (Wildman–Crippen LogP) is 2.75. The second-order valence-electron chi connectivity index (χ2n) is 6.93. The monoisotopic (exact) mass is 398 g/mol. The maximum absolute atomic E-state index is 11.3. The zero-order chi connectivity index (χ0) is 19.8. The standard InChI is InChI=1S/C19H22N6O2S/c1-11(2)25-19(21-10-22-25)15-9-24-6-7-27-16-8-13(28-12(3)17(20)26)4-5-14(16)18(24)23-15/h4-5,8-12H,6-7H2,1-3H3,(H2,20,26). The Morgan fingerprint density at radius 1 is 1.29 bits per heavy atom. The van der Waals surface area contributed by atoms with Gasteiger partial charge in [-0.05, 0) is 39.0 Å². The number of carbonyl (C=O) groups excluding carboxylic acids is 1. The molecule has 0 saturated heterocycles. The average molecular weight is 398 g/mol. The van der Waals surface area contributed by atoms with Crippen molar-refractivity contribution < 1.29 is 9.53 Å².